The second-order valence-electron chi connectivity index (χ2n) is 8.68. The number of ether oxygens (including phenoxy) is 2. The zero-order valence-corrected chi connectivity index (χ0v) is 20.6. The number of benzene rings is 2. The maximum atomic E-state index is 11.6. The van der Waals surface area contributed by atoms with Crippen molar-refractivity contribution in [3.05, 3.63) is 53.4 Å². The fourth-order valence-electron chi connectivity index (χ4n) is 3.91. The Morgan fingerprint density at radius 3 is 2.62 bits per heavy atom. The number of hydrogen-bond donors (Lipinski definition) is 2. The van der Waals surface area contributed by atoms with E-state index in [1.807, 2.05) is 43.5 Å². The third-order valence-electron chi connectivity index (χ3n) is 5.65. The number of carbonyl (C=O) groups excluding carboxylic acids is 1. The molecule has 0 radical (unpaired) electrons. The lowest BCUT2D eigenvalue weighted by Crippen LogP contribution is -2.33. The number of nitrogens with zero attached hydrogens (tertiary/aromatic N) is 2. The number of primary amides is 1. The van der Waals surface area contributed by atoms with Crippen molar-refractivity contribution in [2.45, 2.75) is 39.2 Å². The largest absolute Gasteiger partial charge is 0.492 e. The first-order chi connectivity index (χ1) is 16.5. The molecule has 34 heavy (non-hydrogen) atoms. The summed E-state index contributed by atoms with van der Waals surface area (Å²) in [5, 5.41) is 5.98. The molecule has 3 N–H and O–H groups in total. The van der Waals surface area contributed by atoms with Gasteiger partial charge in [0.05, 0.1) is 17.5 Å². The summed E-state index contributed by atoms with van der Waals surface area (Å²) in [5.74, 6) is 1.02. The van der Waals surface area contributed by atoms with Gasteiger partial charge in [-0.05, 0) is 82.2 Å². The van der Waals surface area contributed by atoms with Crippen LogP contribution in [0.25, 0.3) is 11.3 Å². The lowest BCUT2D eigenvalue weighted by Gasteiger charge is -2.26. The summed E-state index contributed by atoms with van der Waals surface area (Å²) in [5.41, 5.74) is 8.40. The number of amides is 1. The maximum absolute atomic E-state index is 11.6. The molecule has 1 fully saturated rings. The fraction of sp³-hybridized carbons (Fsp3) is 0.385. The van der Waals surface area contributed by atoms with Gasteiger partial charge in [-0.15, -0.1) is 11.3 Å². The van der Waals surface area contributed by atoms with Crippen LogP contribution in [0.15, 0.2) is 47.8 Å². The van der Waals surface area contributed by atoms with Crippen LogP contribution in [0, 0.1) is 0 Å². The molecule has 0 aliphatic carbocycles. The van der Waals surface area contributed by atoms with Crippen molar-refractivity contribution in [2.24, 2.45) is 5.73 Å². The standard InChI is InChI=1S/C26H32N4O3S/c1-18(2)33-24-11-8-20(25(27)31)16-22(24)28-26-29-23(17-34-26)19-6-9-21(10-7-19)32-15-14-30-12-4-3-5-13-30/h6-11,16-18H,3-5,12-15H2,1-2H3,(H2,27,31)(H,28,29). The minimum absolute atomic E-state index is 0.00702. The number of hydrogen-bond acceptors (Lipinski definition) is 7. The molecule has 0 atom stereocenters. The van der Waals surface area contributed by atoms with E-state index in [1.165, 1.54) is 43.7 Å². The highest BCUT2D eigenvalue weighted by molar-refractivity contribution is 7.14. The topological polar surface area (TPSA) is 89.7 Å². The quantitative estimate of drug-likeness (QED) is 0.409. The number of nitrogens with one attached hydrogen (secondary N) is 1. The SMILES string of the molecule is CC(C)Oc1ccc(C(N)=O)cc1Nc1nc(-c2ccc(OCCN3CCCCC3)cc2)cs1. The monoisotopic (exact) mass is 480 g/mol. The maximum Gasteiger partial charge on any atom is 0.248 e. The van der Waals surface area contributed by atoms with E-state index in [9.17, 15) is 4.79 Å². The molecule has 1 aliphatic heterocycles. The molecule has 2 heterocycles. The molecule has 1 amide bonds. The number of likely N-dealkylation sites (tertiary alicyclic amines) is 1. The number of anilines is 2. The highest BCUT2D eigenvalue weighted by Crippen LogP contribution is 2.33. The predicted molar refractivity (Wildman–Crippen MR) is 137 cm³/mol. The van der Waals surface area contributed by atoms with Gasteiger partial charge >= 0.3 is 0 Å². The lowest BCUT2D eigenvalue weighted by molar-refractivity contribution is 0.100. The van der Waals surface area contributed by atoms with Crippen molar-refractivity contribution in [1.29, 1.82) is 0 Å². The van der Waals surface area contributed by atoms with Crippen LogP contribution in [0.1, 0.15) is 43.5 Å². The Bertz CT molecular complexity index is 1090. The molecule has 3 aromatic rings. The summed E-state index contributed by atoms with van der Waals surface area (Å²) in [6, 6.07) is 13.1. The van der Waals surface area contributed by atoms with E-state index in [-0.39, 0.29) is 6.10 Å². The van der Waals surface area contributed by atoms with Crippen LogP contribution in [0.5, 0.6) is 11.5 Å². The second-order valence-corrected chi connectivity index (χ2v) is 9.54. The molecule has 4 rings (SSSR count). The van der Waals surface area contributed by atoms with E-state index < -0.39 is 5.91 Å². The van der Waals surface area contributed by atoms with Gasteiger partial charge in [-0.2, -0.15) is 0 Å². The molecule has 1 aliphatic rings. The van der Waals surface area contributed by atoms with Gasteiger partial charge in [0.2, 0.25) is 5.91 Å². The van der Waals surface area contributed by atoms with Gasteiger partial charge < -0.3 is 20.5 Å². The van der Waals surface area contributed by atoms with E-state index >= 15 is 0 Å². The van der Waals surface area contributed by atoms with Crippen LogP contribution in [0.4, 0.5) is 10.8 Å². The highest BCUT2D eigenvalue weighted by atomic mass is 32.1. The number of carbonyl (C=O) groups is 1. The predicted octanol–water partition coefficient (Wildman–Crippen LogP) is 5.30. The molecule has 0 spiro atoms. The van der Waals surface area contributed by atoms with Crippen LogP contribution >= 0.6 is 11.3 Å². The minimum Gasteiger partial charge on any atom is -0.492 e. The minimum atomic E-state index is -0.489. The van der Waals surface area contributed by atoms with E-state index in [4.69, 9.17) is 20.2 Å². The van der Waals surface area contributed by atoms with Crippen molar-refractivity contribution in [1.82, 2.24) is 9.88 Å². The average molecular weight is 481 g/mol. The van der Waals surface area contributed by atoms with Gasteiger partial charge in [0.15, 0.2) is 5.13 Å². The lowest BCUT2D eigenvalue weighted by atomic mass is 10.1. The van der Waals surface area contributed by atoms with E-state index in [0.717, 1.165) is 23.6 Å². The number of thiazole rings is 1. The zero-order chi connectivity index (χ0) is 23.9. The van der Waals surface area contributed by atoms with Crippen molar-refractivity contribution in [3.63, 3.8) is 0 Å². The Morgan fingerprint density at radius 1 is 1.15 bits per heavy atom. The van der Waals surface area contributed by atoms with E-state index in [0.29, 0.717) is 28.7 Å². The first kappa shape index (κ1) is 24.0. The van der Waals surface area contributed by atoms with Crippen LogP contribution in [0.2, 0.25) is 0 Å². The molecule has 0 unspecified atom stereocenters. The molecule has 1 saturated heterocycles. The number of piperidine rings is 1. The molecule has 0 bridgehead atoms. The smallest absolute Gasteiger partial charge is 0.248 e. The van der Waals surface area contributed by atoms with E-state index in [2.05, 4.69) is 10.2 Å². The van der Waals surface area contributed by atoms with Gasteiger partial charge in [-0.25, -0.2) is 4.98 Å². The van der Waals surface area contributed by atoms with Gasteiger partial charge in [-0.1, -0.05) is 6.42 Å². The first-order valence-electron chi connectivity index (χ1n) is 11.8. The summed E-state index contributed by atoms with van der Waals surface area (Å²) in [6.45, 7) is 7.95. The molecule has 180 valence electrons. The Balaban J connectivity index is 1.39. The highest BCUT2D eigenvalue weighted by Gasteiger charge is 2.13. The molecule has 0 saturated carbocycles. The summed E-state index contributed by atoms with van der Waals surface area (Å²) >= 11 is 1.48. The average Bonchev–Trinajstić information content (AvgIpc) is 3.29. The second kappa shape index (κ2) is 11.4. The van der Waals surface area contributed by atoms with E-state index in [1.54, 1.807) is 18.2 Å². The van der Waals surface area contributed by atoms with Crippen molar-refractivity contribution in [2.75, 3.05) is 31.6 Å². The fourth-order valence-corrected chi connectivity index (χ4v) is 4.65. The molecule has 2 aromatic carbocycles. The Morgan fingerprint density at radius 2 is 1.91 bits per heavy atom. The van der Waals surface area contributed by atoms with Gasteiger partial charge in [0.1, 0.15) is 18.1 Å². The van der Waals surface area contributed by atoms with Gasteiger partial charge in [0, 0.05) is 23.1 Å². The summed E-state index contributed by atoms with van der Waals surface area (Å²) < 4.78 is 11.8. The third-order valence-corrected chi connectivity index (χ3v) is 6.41. The van der Waals surface area contributed by atoms with Crippen LogP contribution in [-0.2, 0) is 0 Å². The Labute approximate surface area is 204 Å². The third kappa shape index (κ3) is 6.48. The van der Waals surface area contributed by atoms with Crippen molar-refractivity contribution < 1.29 is 14.3 Å². The van der Waals surface area contributed by atoms with Crippen molar-refractivity contribution >= 4 is 28.1 Å². The van der Waals surface area contributed by atoms with Crippen LogP contribution < -0.4 is 20.5 Å². The molecule has 8 heteroatoms. The summed E-state index contributed by atoms with van der Waals surface area (Å²) in [6.07, 6.45) is 3.93. The molecular formula is C26H32N4O3S. The molecule has 1 aromatic heterocycles. The number of nitrogens with two attached hydrogens (primary N) is 1. The molecule has 7 nitrogen and oxygen atoms in total. The van der Waals surface area contributed by atoms with Crippen LogP contribution in [-0.4, -0.2) is 48.1 Å². The van der Waals surface area contributed by atoms with Crippen LogP contribution in [0.3, 0.4) is 0 Å². The number of rotatable bonds is 10. The molecular weight excluding hydrogens is 448 g/mol. The number of aromatic nitrogens is 1. The normalized spacial score (nSPS) is 14.2. The van der Waals surface area contributed by atoms with Crippen molar-refractivity contribution in [3.8, 4) is 22.8 Å². The Kier molecular flexibility index (Phi) is 8.03. The van der Waals surface area contributed by atoms with Gasteiger partial charge in [0.25, 0.3) is 0 Å². The first-order valence-corrected chi connectivity index (χ1v) is 12.6. The zero-order valence-electron chi connectivity index (χ0n) is 19.8. The summed E-state index contributed by atoms with van der Waals surface area (Å²) in [7, 11) is 0. The summed E-state index contributed by atoms with van der Waals surface area (Å²) in [4.78, 5) is 18.8. The Hall–Kier alpha value is -3.10. The van der Waals surface area contributed by atoms with Gasteiger partial charge in [-0.3, -0.25) is 9.69 Å².